The quantitative estimate of drug-likeness (QED) is 0.749. The van der Waals surface area contributed by atoms with Crippen LogP contribution in [-0.2, 0) is 16.4 Å². The predicted octanol–water partition coefficient (Wildman–Crippen LogP) is 4.11. The Kier molecular flexibility index (Phi) is 4.76. The van der Waals surface area contributed by atoms with Crippen LogP contribution in [0.1, 0.15) is 11.1 Å². The molecule has 4 nitrogen and oxygen atoms in total. The van der Waals surface area contributed by atoms with Crippen molar-refractivity contribution >= 4 is 9.84 Å². The van der Waals surface area contributed by atoms with Crippen molar-refractivity contribution in [3.63, 3.8) is 0 Å². The van der Waals surface area contributed by atoms with Crippen molar-refractivity contribution in [3.05, 3.63) is 83.9 Å². The van der Waals surface area contributed by atoms with Crippen LogP contribution in [0.25, 0.3) is 0 Å². The highest BCUT2D eigenvalue weighted by molar-refractivity contribution is 7.91. The summed E-state index contributed by atoms with van der Waals surface area (Å²) in [6, 6.07) is 20.3. The van der Waals surface area contributed by atoms with E-state index in [4.69, 9.17) is 4.74 Å². The maximum Gasteiger partial charge on any atom is 0.206 e. The highest BCUT2D eigenvalue weighted by atomic mass is 32.2. The molecule has 0 spiro atoms. The van der Waals surface area contributed by atoms with Gasteiger partial charge in [0.25, 0.3) is 0 Å². The van der Waals surface area contributed by atoms with Gasteiger partial charge < -0.3 is 9.84 Å². The van der Waals surface area contributed by atoms with E-state index in [0.717, 1.165) is 5.56 Å². The number of aryl methyl sites for hydroxylation is 1. The van der Waals surface area contributed by atoms with E-state index in [2.05, 4.69) is 0 Å². The average Bonchev–Trinajstić information content (AvgIpc) is 2.63. The van der Waals surface area contributed by atoms with E-state index in [1.165, 1.54) is 30.3 Å². The average molecular weight is 354 g/mol. The molecule has 5 heteroatoms. The van der Waals surface area contributed by atoms with Crippen LogP contribution in [0.15, 0.2) is 82.6 Å². The molecule has 0 radical (unpaired) electrons. The minimum absolute atomic E-state index is 0.0728. The van der Waals surface area contributed by atoms with Crippen LogP contribution in [0.4, 0.5) is 0 Å². The van der Waals surface area contributed by atoms with E-state index >= 15 is 0 Å². The maximum absolute atomic E-state index is 12.7. The molecule has 25 heavy (non-hydrogen) atoms. The van der Waals surface area contributed by atoms with E-state index in [9.17, 15) is 13.5 Å². The first-order chi connectivity index (χ1) is 12.0. The van der Waals surface area contributed by atoms with Crippen LogP contribution in [0, 0.1) is 6.92 Å². The van der Waals surface area contributed by atoms with E-state index in [-0.39, 0.29) is 15.5 Å². The number of aromatic hydroxyl groups is 1. The van der Waals surface area contributed by atoms with Gasteiger partial charge in [0.05, 0.1) is 9.79 Å². The minimum Gasteiger partial charge on any atom is -0.508 e. The van der Waals surface area contributed by atoms with Crippen LogP contribution in [0.3, 0.4) is 0 Å². The second-order valence-corrected chi connectivity index (χ2v) is 7.65. The molecule has 0 aliphatic heterocycles. The highest BCUT2D eigenvalue weighted by Gasteiger charge is 2.18. The Morgan fingerprint density at radius 3 is 2.16 bits per heavy atom. The van der Waals surface area contributed by atoms with Gasteiger partial charge in [0.1, 0.15) is 18.1 Å². The SMILES string of the molecule is Cc1cc(S(=O)(=O)c2ccc(OCc3ccccc3)cc2)ccc1O. The lowest BCUT2D eigenvalue weighted by Gasteiger charge is -2.09. The number of phenolic OH excluding ortho intramolecular Hbond substituents is 1. The summed E-state index contributed by atoms with van der Waals surface area (Å²) >= 11 is 0. The van der Waals surface area contributed by atoms with Gasteiger partial charge >= 0.3 is 0 Å². The third-order valence-electron chi connectivity index (χ3n) is 3.86. The fourth-order valence-electron chi connectivity index (χ4n) is 2.39. The van der Waals surface area contributed by atoms with Gasteiger partial charge in [-0.05, 0) is 60.5 Å². The molecule has 0 saturated heterocycles. The summed E-state index contributed by atoms with van der Waals surface area (Å²) < 4.78 is 31.0. The van der Waals surface area contributed by atoms with Gasteiger partial charge in [0.15, 0.2) is 0 Å². The summed E-state index contributed by atoms with van der Waals surface area (Å²) in [4.78, 5) is 0.338. The molecule has 0 aliphatic rings. The molecule has 0 aromatic heterocycles. The number of phenols is 1. The van der Waals surface area contributed by atoms with Gasteiger partial charge in [0.2, 0.25) is 9.84 Å². The zero-order valence-corrected chi connectivity index (χ0v) is 14.5. The van der Waals surface area contributed by atoms with Gasteiger partial charge in [-0.2, -0.15) is 0 Å². The second-order valence-electron chi connectivity index (χ2n) is 5.70. The van der Waals surface area contributed by atoms with Gasteiger partial charge in [-0.25, -0.2) is 8.42 Å². The van der Waals surface area contributed by atoms with E-state index in [0.29, 0.717) is 17.9 Å². The van der Waals surface area contributed by atoms with Gasteiger partial charge in [-0.1, -0.05) is 30.3 Å². The van der Waals surface area contributed by atoms with Crippen LogP contribution >= 0.6 is 0 Å². The van der Waals surface area contributed by atoms with E-state index in [1.807, 2.05) is 30.3 Å². The molecular weight excluding hydrogens is 336 g/mol. The second kappa shape index (κ2) is 6.99. The minimum atomic E-state index is -3.63. The third-order valence-corrected chi connectivity index (χ3v) is 5.63. The molecule has 0 heterocycles. The largest absolute Gasteiger partial charge is 0.508 e. The zero-order valence-electron chi connectivity index (χ0n) is 13.7. The lowest BCUT2D eigenvalue weighted by Crippen LogP contribution is -2.02. The topological polar surface area (TPSA) is 63.6 Å². The zero-order chi connectivity index (χ0) is 17.9. The molecule has 1 N–H and O–H groups in total. The number of sulfone groups is 1. The van der Waals surface area contributed by atoms with Gasteiger partial charge in [-0.3, -0.25) is 0 Å². The fraction of sp³-hybridized carbons (Fsp3) is 0.100. The van der Waals surface area contributed by atoms with Crippen molar-refractivity contribution in [1.29, 1.82) is 0 Å². The Balaban J connectivity index is 1.78. The van der Waals surface area contributed by atoms with E-state index < -0.39 is 9.84 Å². The molecule has 3 rings (SSSR count). The van der Waals surface area contributed by atoms with Gasteiger partial charge in [0, 0.05) is 0 Å². The van der Waals surface area contributed by atoms with Crippen LogP contribution in [0.2, 0.25) is 0 Å². The van der Waals surface area contributed by atoms with Crippen LogP contribution in [0.5, 0.6) is 11.5 Å². The first-order valence-electron chi connectivity index (χ1n) is 7.78. The van der Waals surface area contributed by atoms with Crippen LogP contribution < -0.4 is 4.74 Å². The van der Waals surface area contributed by atoms with Gasteiger partial charge in [-0.15, -0.1) is 0 Å². The van der Waals surface area contributed by atoms with Crippen molar-refractivity contribution in [2.75, 3.05) is 0 Å². The Labute approximate surface area is 147 Å². The summed E-state index contributed by atoms with van der Waals surface area (Å²) in [6.07, 6.45) is 0. The van der Waals surface area contributed by atoms with Crippen molar-refractivity contribution in [1.82, 2.24) is 0 Å². The number of ether oxygens (including phenoxy) is 1. The predicted molar refractivity (Wildman–Crippen MR) is 95.5 cm³/mol. The smallest absolute Gasteiger partial charge is 0.206 e. The van der Waals surface area contributed by atoms with Crippen molar-refractivity contribution in [2.45, 2.75) is 23.3 Å². The molecule has 0 unspecified atom stereocenters. The molecule has 0 bridgehead atoms. The summed E-state index contributed by atoms with van der Waals surface area (Å²) in [5, 5.41) is 9.56. The monoisotopic (exact) mass is 354 g/mol. The summed E-state index contributed by atoms with van der Waals surface area (Å²) in [6.45, 7) is 2.08. The van der Waals surface area contributed by atoms with Crippen LogP contribution in [-0.4, -0.2) is 13.5 Å². The number of rotatable bonds is 5. The van der Waals surface area contributed by atoms with Crippen molar-refractivity contribution in [3.8, 4) is 11.5 Å². The third kappa shape index (κ3) is 3.83. The Hall–Kier alpha value is -2.79. The fourth-order valence-corrected chi connectivity index (χ4v) is 3.73. The standard InChI is InChI=1S/C20H18O4S/c1-15-13-19(11-12-20(15)21)25(22,23)18-9-7-17(8-10-18)24-14-16-5-3-2-4-6-16/h2-13,21H,14H2,1H3. The lowest BCUT2D eigenvalue weighted by atomic mass is 10.2. The van der Waals surface area contributed by atoms with Crippen molar-refractivity contribution < 1.29 is 18.3 Å². The molecule has 0 atom stereocenters. The summed E-state index contributed by atoms with van der Waals surface area (Å²) in [7, 11) is -3.63. The number of hydrogen-bond donors (Lipinski definition) is 1. The lowest BCUT2D eigenvalue weighted by molar-refractivity contribution is 0.306. The molecule has 128 valence electrons. The normalized spacial score (nSPS) is 11.2. The Morgan fingerprint density at radius 1 is 0.880 bits per heavy atom. The number of benzene rings is 3. The molecule has 0 saturated carbocycles. The maximum atomic E-state index is 12.7. The highest BCUT2D eigenvalue weighted by Crippen LogP contribution is 2.26. The Bertz CT molecular complexity index is 962. The molecule has 0 aliphatic carbocycles. The Morgan fingerprint density at radius 2 is 1.52 bits per heavy atom. The molecule has 0 amide bonds. The summed E-state index contributed by atoms with van der Waals surface area (Å²) in [5.74, 6) is 0.674. The summed E-state index contributed by atoms with van der Waals surface area (Å²) in [5.41, 5.74) is 1.56. The molecule has 3 aromatic carbocycles. The first kappa shape index (κ1) is 17.0. The molecular formula is C20H18O4S. The van der Waals surface area contributed by atoms with Crippen molar-refractivity contribution in [2.24, 2.45) is 0 Å². The molecule has 0 fully saturated rings. The first-order valence-corrected chi connectivity index (χ1v) is 9.26. The molecule has 3 aromatic rings. The number of hydrogen-bond acceptors (Lipinski definition) is 4. The van der Waals surface area contributed by atoms with E-state index in [1.54, 1.807) is 19.1 Å².